The minimum atomic E-state index is -0.574. The number of likely N-dealkylation sites (N-methyl/N-ethyl adjacent to an activating group) is 1. The van der Waals surface area contributed by atoms with Gasteiger partial charge in [-0.15, -0.1) is 0 Å². The van der Waals surface area contributed by atoms with Crippen LogP contribution in [-0.4, -0.2) is 26.2 Å². The topological polar surface area (TPSA) is 29.5 Å². The van der Waals surface area contributed by atoms with Gasteiger partial charge in [0.1, 0.15) is 11.9 Å². The van der Waals surface area contributed by atoms with E-state index >= 15 is 0 Å². The lowest BCUT2D eigenvalue weighted by atomic mass is 10.2. The van der Waals surface area contributed by atoms with Gasteiger partial charge in [0.25, 0.3) is 5.91 Å². The number of methoxy groups -OCH3 is 1. The van der Waals surface area contributed by atoms with Crippen LogP contribution in [0.3, 0.4) is 0 Å². The van der Waals surface area contributed by atoms with Crippen LogP contribution in [0.15, 0.2) is 24.3 Å². The predicted molar refractivity (Wildman–Crippen MR) is 56.3 cm³/mol. The zero-order valence-electron chi connectivity index (χ0n) is 9.03. The van der Waals surface area contributed by atoms with E-state index in [1.54, 1.807) is 25.1 Å². The SMILES string of the molecule is COC(C)C(=O)N(C)c1ccccc1F. The molecule has 0 saturated heterocycles. The van der Waals surface area contributed by atoms with Gasteiger partial charge in [0.15, 0.2) is 0 Å². The Kier molecular flexibility index (Phi) is 3.80. The number of amides is 1. The Morgan fingerprint density at radius 1 is 1.47 bits per heavy atom. The van der Waals surface area contributed by atoms with Crippen molar-refractivity contribution in [3.63, 3.8) is 0 Å². The molecule has 82 valence electrons. The third-order valence-electron chi connectivity index (χ3n) is 2.25. The van der Waals surface area contributed by atoms with Gasteiger partial charge in [0.05, 0.1) is 5.69 Å². The monoisotopic (exact) mass is 211 g/mol. The number of hydrogen-bond donors (Lipinski definition) is 0. The van der Waals surface area contributed by atoms with Crippen molar-refractivity contribution >= 4 is 11.6 Å². The van der Waals surface area contributed by atoms with Gasteiger partial charge in [-0.05, 0) is 19.1 Å². The number of para-hydroxylation sites is 1. The second-order valence-corrected chi connectivity index (χ2v) is 3.23. The minimum absolute atomic E-state index is 0.256. The first-order valence-electron chi connectivity index (χ1n) is 4.62. The maximum absolute atomic E-state index is 13.3. The number of halogens is 1. The van der Waals surface area contributed by atoms with E-state index < -0.39 is 11.9 Å². The highest BCUT2D eigenvalue weighted by Gasteiger charge is 2.19. The van der Waals surface area contributed by atoms with Gasteiger partial charge < -0.3 is 9.64 Å². The molecular formula is C11H14FNO2. The highest BCUT2D eigenvalue weighted by atomic mass is 19.1. The molecule has 0 aliphatic heterocycles. The molecule has 0 N–H and O–H groups in total. The van der Waals surface area contributed by atoms with Gasteiger partial charge in [-0.3, -0.25) is 4.79 Å². The van der Waals surface area contributed by atoms with Crippen LogP contribution in [0.5, 0.6) is 0 Å². The molecule has 1 unspecified atom stereocenters. The first-order chi connectivity index (χ1) is 7.07. The molecule has 0 fully saturated rings. The molecule has 1 amide bonds. The number of carbonyl (C=O) groups is 1. The highest BCUT2D eigenvalue weighted by Crippen LogP contribution is 2.17. The lowest BCUT2D eigenvalue weighted by Crippen LogP contribution is -2.36. The molecule has 1 rings (SSSR count). The van der Waals surface area contributed by atoms with Gasteiger partial charge in [0.2, 0.25) is 0 Å². The molecule has 1 aromatic rings. The molecule has 0 aliphatic carbocycles. The van der Waals surface area contributed by atoms with Crippen molar-refractivity contribution in [2.75, 3.05) is 19.1 Å². The molecule has 1 aromatic carbocycles. The molecular weight excluding hydrogens is 197 g/mol. The van der Waals surface area contributed by atoms with E-state index in [0.29, 0.717) is 0 Å². The first-order valence-corrected chi connectivity index (χ1v) is 4.62. The summed E-state index contributed by atoms with van der Waals surface area (Å²) in [6.07, 6.45) is -0.574. The summed E-state index contributed by atoms with van der Waals surface area (Å²) in [4.78, 5) is 12.9. The van der Waals surface area contributed by atoms with E-state index in [1.807, 2.05) is 0 Å². The molecule has 3 nitrogen and oxygen atoms in total. The Hall–Kier alpha value is -1.42. The van der Waals surface area contributed by atoms with Crippen molar-refractivity contribution in [2.45, 2.75) is 13.0 Å². The number of hydrogen-bond acceptors (Lipinski definition) is 2. The summed E-state index contributed by atoms with van der Waals surface area (Å²) < 4.78 is 18.2. The summed E-state index contributed by atoms with van der Waals surface area (Å²) >= 11 is 0. The van der Waals surface area contributed by atoms with E-state index in [4.69, 9.17) is 4.74 Å². The van der Waals surface area contributed by atoms with Crippen molar-refractivity contribution in [3.8, 4) is 0 Å². The average molecular weight is 211 g/mol. The standard InChI is InChI=1S/C11H14FNO2/c1-8(15-3)11(14)13(2)10-7-5-4-6-9(10)12/h4-8H,1-3H3. The molecule has 0 aliphatic rings. The lowest BCUT2D eigenvalue weighted by Gasteiger charge is -2.20. The van der Waals surface area contributed by atoms with Crippen LogP contribution >= 0.6 is 0 Å². The fourth-order valence-electron chi connectivity index (χ4n) is 1.22. The number of anilines is 1. The predicted octanol–water partition coefficient (Wildman–Crippen LogP) is 1.82. The summed E-state index contributed by atoms with van der Waals surface area (Å²) in [5.41, 5.74) is 0.256. The molecule has 0 aromatic heterocycles. The molecule has 15 heavy (non-hydrogen) atoms. The van der Waals surface area contributed by atoms with Gasteiger partial charge in [-0.2, -0.15) is 0 Å². The van der Waals surface area contributed by atoms with Gasteiger partial charge in [0, 0.05) is 14.2 Å². The largest absolute Gasteiger partial charge is 0.372 e. The Morgan fingerprint density at radius 3 is 2.60 bits per heavy atom. The zero-order chi connectivity index (χ0) is 11.4. The highest BCUT2D eigenvalue weighted by molar-refractivity contribution is 5.95. The molecule has 0 spiro atoms. The number of benzene rings is 1. The molecule has 1 atom stereocenters. The number of nitrogens with zero attached hydrogens (tertiary/aromatic N) is 1. The minimum Gasteiger partial charge on any atom is -0.372 e. The quantitative estimate of drug-likeness (QED) is 0.763. The summed E-state index contributed by atoms with van der Waals surface area (Å²) in [6.45, 7) is 1.62. The van der Waals surface area contributed by atoms with Crippen molar-refractivity contribution < 1.29 is 13.9 Å². The van der Waals surface area contributed by atoms with Crippen LogP contribution in [0.1, 0.15) is 6.92 Å². The molecule has 0 radical (unpaired) electrons. The van der Waals surface area contributed by atoms with Gasteiger partial charge in [-0.25, -0.2) is 4.39 Å². The maximum Gasteiger partial charge on any atom is 0.255 e. The molecule has 0 heterocycles. The third kappa shape index (κ3) is 2.53. The molecule has 4 heteroatoms. The van der Waals surface area contributed by atoms with Crippen molar-refractivity contribution in [1.29, 1.82) is 0 Å². The van der Waals surface area contributed by atoms with E-state index in [1.165, 1.54) is 25.1 Å². The van der Waals surface area contributed by atoms with Crippen LogP contribution in [0.4, 0.5) is 10.1 Å². The van der Waals surface area contributed by atoms with Crippen molar-refractivity contribution in [3.05, 3.63) is 30.1 Å². The van der Waals surface area contributed by atoms with Gasteiger partial charge in [-0.1, -0.05) is 12.1 Å². The Morgan fingerprint density at radius 2 is 2.07 bits per heavy atom. The number of rotatable bonds is 3. The Labute approximate surface area is 88.5 Å². The van der Waals surface area contributed by atoms with E-state index in [0.717, 1.165) is 0 Å². The van der Waals surface area contributed by atoms with Crippen molar-refractivity contribution in [2.24, 2.45) is 0 Å². The smallest absolute Gasteiger partial charge is 0.255 e. The van der Waals surface area contributed by atoms with E-state index in [-0.39, 0.29) is 11.6 Å². The Bertz CT molecular complexity index is 354. The molecule has 0 bridgehead atoms. The van der Waals surface area contributed by atoms with Crippen molar-refractivity contribution in [1.82, 2.24) is 0 Å². The Balaban J connectivity index is 2.90. The number of carbonyl (C=O) groups excluding carboxylic acids is 1. The number of ether oxygens (including phenoxy) is 1. The van der Waals surface area contributed by atoms with E-state index in [2.05, 4.69) is 0 Å². The van der Waals surface area contributed by atoms with E-state index in [9.17, 15) is 9.18 Å². The summed E-state index contributed by atoms with van der Waals surface area (Å²) in [5, 5.41) is 0. The summed E-state index contributed by atoms with van der Waals surface area (Å²) in [5.74, 6) is -0.695. The lowest BCUT2D eigenvalue weighted by molar-refractivity contribution is -0.127. The van der Waals surface area contributed by atoms with Crippen LogP contribution < -0.4 is 4.90 Å². The zero-order valence-corrected chi connectivity index (χ0v) is 9.03. The third-order valence-corrected chi connectivity index (χ3v) is 2.25. The molecule has 0 saturated carbocycles. The second kappa shape index (κ2) is 4.89. The maximum atomic E-state index is 13.3. The summed E-state index contributed by atoms with van der Waals surface area (Å²) in [7, 11) is 2.97. The van der Waals surface area contributed by atoms with Crippen LogP contribution in [0, 0.1) is 5.82 Å². The van der Waals surface area contributed by atoms with Crippen LogP contribution in [0.2, 0.25) is 0 Å². The second-order valence-electron chi connectivity index (χ2n) is 3.23. The normalized spacial score (nSPS) is 12.3. The van der Waals surface area contributed by atoms with Crippen LogP contribution in [-0.2, 0) is 9.53 Å². The van der Waals surface area contributed by atoms with Crippen LogP contribution in [0.25, 0.3) is 0 Å². The summed E-state index contributed by atoms with van der Waals surface area (Å²) in [6, 6.07) is 6.13. The average Bonchev–Trinajstić information content (AvgIpc) is 2.26. The first kappa shape index (κ1) is 11.7. The van der Waals surface area contributed by atoms with Gasteiger partial charge >= 0.3 is 0 Å². The fraction of sp³-hybridized carbons (Fsp3) is 0.364. The fourth-order valence-corrected chi connectivity index (χ4v) is 1.22.